The molecule has 2 amide bonds. The molecule has 0 aromatic carbocycles. The maximum absolute atomic E-state index is 14.1. The van der Waals surface area contributed by atoms with Crippen LogP contribution in [0.25, 0.3) is 0 Å². The number of nitrogens with one attached hydrogen (secondary N) is 1. The molecule has 0 spiro atoms. The zero-order chi connectivity index (χ0) is 24.1. The Balaban J connectivity index is 1.34. The minimum Gasteiger partial charge on any atom is -0.483 e. The van der Waals surface area contributed by atoms with Gasteiger partial charge in [0, 0.05) is 44.3 Å². The first kappa shape index (κ1) is 23.5. The number of anilines is 2. The molecule has 2 aromatic rings. The van der Waals surface area contributed by atoms with Gasteiger partial charge in [-0.2, -0.15) is 0 Å². The van der Waals surface area contributed by atoms with Crippen molar-refractivity contribution in [3.8, 4) is 5.75 Å². The van der Waals surface area contributed by atoms with Gasteiger partial charge in [-0.05, 0) is 48.6 Å². The van der Waals surface area contributed by atoms with Crippen molar-refractivity contribution < 1.29 is 13.9 Å². The third-order valence-electron chi connectivity index (χ3n) is 6.19. The predicted octanol–water partition coefficient (Wildman–Crippen LogP) is 3.42. The molecule has 9 nitrogen and oxygen atoms in total. The number of hydrogen-bond acceptors (Lipinski definition) is 7. The number of amides is 2. The lowest BCUT2D eigenvalue weighted by atomic mass is 9.79. The molecule has 0 bridgehead atoms. The van der Waals surface area contributed by atoms with Gasteiger partial charge in [0.1, 0.15) is 12.4 Å². The third-order valence-corrected chi connectivity index (χ3v) is 6.19. The Morgan fingerprint density at radius 2 is 2.03 bits per heavy atom. The number of hydrogen-bond donors (Lipinski definition) is 2. The van der Waals surface area contributed by atoms with E-state index in [-0.39, 0.29) is 29.8 Å². The van der Waals surface area contributed by atoms with Gasteiger partial charge in [-0.1, -0.05) is 13.8 Å². The fourth-order valence-corrected chi connectivity index (χ4v) is 4.10. The predicted molar refractivity (Wildman–Crippen MR) is 128 cm³/mol. The van der Waals surface area contributed by atoms with Crippen molar-refractivity contribution in [3.63, 3.8) is 0 Å². The first-order chi connectivity index (χ1) is 16.3. The number of nitrogens with two attached hydrogens (primary N) is 1. The first-order valence-corrected chi connectivity index (χ1v) is 11.4. The number of carbonyl (C=O) groups excluding carboxylic acids is 1. The summed E-state index contributed by atoms with van der Waals surface area (Å²) in [5.41, 5.74) is 6.64. The van der Waals surface area contributed by atoms with Crippen molar-refractivity contribution in [3.05, 3.63) is 60.0 Å². The average Bonchev–Trinajstić information content (AvgIpc) is 2.82. The minimum atomic E-state index is -0.303. The zero-order valence-corrected chi connectivity index (χ0v) is 19.5. The van der Waals surface area contributed by atoms with E-state index in [4.69, 9.17) is 10.5 Å². The summed E-state index contributed by atoms with van der Waals surface area (Å²) in [5.74, 6) is 1.24. The fourth-order valence-electron chi connectivity index (χ4n) is 4.10. The van der Waals surface area contributed by atoms with Crippen LogP contribution in [-0.4, -0.2) is 52.1 Å². The highest BCUT2D eigenvalue weighted by Gasteiger charge is 2.29. The van der Waals surface area contributed by atoms with Gasteiger partial charge in [-0.15, -0.1) is 0 Å². The summed E-state index contributed by atoms with van der Waals surface area (Å²) in [4.78, 5) is 29.2. The van der Waals surface area contributed by atoms with Gasteiger partial charge in [0.25, 0.3) is 0 Å². The van der Waals surface area contributed by atoms with E-state index in [9.17, 15) is 9.18 Å². The van der Waals surface area contributed by atoms with E-state index in [2.05, 4.69) is 25.2 Å². The van der Waals surface area contributed by atoms with Crippen molar-refractivity contribution in [2.24, 2.45) is 5.41 Å². The largest absolute Gasteiger partial charge is 0.483 e. The van der Waals surface area contributed by atoms with Gasteiger partial charge >= 0.3 is 6.03 Å². The summed E-state index contributed by atoms with van der Waals surface area (Å²) in [5, 5.41) is 2.90. The number of pyridine rings is 1. The van der Waals surface area contributed by atoms with E-state index in [0.29, 0.717) is 55.6 Å². The standard InChI is InChI=1S/C24H30FN7O2/c1-3-24(2)14-17(25)13-19(15-24)30-23(33)32-11-9-31(10-12-32)21-20(5-4-7-27-21)34-16-18-6-8-28-22(26)29-18/h4-8,13-14H,3,9-12,15-16H2,1-2H3,(H,30,33)(H2,26,28,29). The summed E-state index contributed by atoms with van der Waals surface area (Å²) >= 11 is 0. The number of piperazine rings is 1. The lowest BCUT2D eigenvalue weighted by molar-refractivity contribution is 0.195. The van der Waals surface area contributed by atoms with E-state index in [1.807, 2.05) is 26.0 Å². The molecule has 180 valence electrons. The number of nitrogen functional groups attached to an aromatic ring is 1. The van der Waals surface area contributed by atoms with Gasteiger partial charge in [0.2, 0.25) is 5.95 Å². The van der Waals surface area contributed by atoms with E-state index < -0.39 is 0 Å². The molecule has 10 heteroatoms. The maximum atomic E-state index is 14.1. The topological polar surface area (TPSA) is 110 Å². The normalized spacial score (nSPS) is 20.4. The smallest absolute Gasteiger partial charge is 0.321 e. The van der Waals surface area contributed by atoms with Crippen LogP contribution in [0.4, 0.5) is 21.0 Å². The van der Waals surface area contributed by atoms with E-state index in [1.165, 1.54) is 6.08 Å². The number of allylic oxidation sites excluding steroid dienone is 4. The zero-order valence-electron chi connectivity index (χ0n) is 19.5. The Morgan fingerprint density at radius 3 is 2.76 bits per heavy atom. The lowest BCUT2D eigenvalue weighted by Crippen LogP contribution is -2.52. The fraction of sp³-hybridized carbons (Fsp3) is 0.417. The number of nitrogens with zero attached hydrogens (tertiary/aromatic N) is 5. The minimum absolute atomic E-state index is 0.198. The van der Waals surface area contributed by atoms with Crippen LogP contribution in [0.2, 0.25) is 0 Å². The Kier molecular flexibility index (Phi) is 6.95. The van der Waals surface area contributed by atoms with Crippen LogP contribution in [0.5, 0.6) is 5.75 Å². The molecular weight excluding hydrogens is 437 g/mol. The van der Waals surface area contributed by atoms with E-state index in [1.54, 1.807) is 29.4 Å². The molecule has 34 heavy (non-hydrogen) atoms. The van der Waals surface area contributed by atoms with Gasteiger partial charge in [-0.25, -0.2) is 24.1 Å². The summed E-state index contributed by atoms with van der Waals surface area (Å²) < 4.78 is 20.0. The molecule has 2 aromatic heterocycles. The number of aromatic nitrogens is 3. The molecule has 1 aliphatic heterocycles. The summed E-state index contributed by atoms with van der Waals surface area (Å²) in [6, 6.07) is 5.20. The second kappa shape index (κ2) is 10.1. The molecule has 4 rings (SSSR count). The third kappa shape index (κ3) is 5.62. The van der Waals surface area contributed by atoms with Crippen LogP contribution in [0.15, 0.2) is 54.3 Å². The molecule has 2 aliphatic rings. The lowest BCUT2D eigenvalue weighted by Gasteiger charge is -2.36. The number of rotatable bonds is 6. The van der Waals surface area contributed by atoms with Gasteiger partial charge in [-0.3, -0.25) is 0 Å². The van der Waals surface area contributed by atoms with E-state index in [0.717, 1.165) is 6.42 Å². The van der Waals surface area contributed by atoms with Crippen LogP contribution in [0.1, 0.15) is 32.4 Å². The number of ether oxygens (including phenoxy) is 1. The summed E-state index contributed by atoms with van der Waals surface area (Å²) in [6.45, 7) is 6.48. The van der Waals surface area contributed by atoms with Crippen LogP contribution in [-0.2, 0) is 6.61 Å². The SMILES string of the molecule is CCC1(C)C=C(F)C=C(NC(=O)N2CCN(c3ncccc3OCc3ccnc(N)n3)CC2)C1. The second-order valence-electron chi connectivity index (χ2n) is 8.81. The van der Waals surface area contributed by atoms with Gasteiger partial charge in [0.05, 0.1) is 5.69 Å². The Bertz CT molecular complexity index is 1100. The molecule has 1 aliphatic carbocycles. The number of carbonyl (C=O) groups is 1. The summed E-state index contributed by atoms with van der Waals surface area (Å²) in [7, 11) is 0. The van der Waals surface area contributed by atoms with Crippen molar-refractivity contribution in [2.75, 3.05) is 36.8 Å². The Hall–Kier alpha value is -3.69. The Morgan fingerprint density at radius 1 is 1.24 bits per heavy atom. The average molecular weight is 468 g/mol. The quantitative estimate of drug-likeness (QED) is 0.670. The molecular formula is C24H30FN7O2. The molecule has 1 saturated heterocycles. The molecule has 1 atom stereocenters. The molecule has 1 unspecified atom stereocenters. The highest BCUT2D eigenvalue weighted by Crippen LogP contribution is 2.36. The first-order valence-electron chi connectivity index (χ1n) is 11.4. The van der Waals surface area contributed by atoms with Crippen molar-refractivity contribution in [2.45, 2.75) is 33.3 Å². The maximum Gasteiger partial charge on any atom is 0.321 e. The molecule has 3 heterocycles. The van der Waals surface area contributed by atoms with Crippen LogP contribution >= 0.6 is 0 Å². The monoisotopic (exact) mass is 467 g/mol. The molecule has 1 fully saturated rings. The molecule has 0 saturated carbocycles. The summed E-state index contributed by atoms with van der Waals surface area (Å²) in [6.07, 6.45) is 7.75. The number of halogens is 1. The van der Waals surface area contributed by atoms with Crippen LogP contribution < -0.4 is 20.7 Å². The van der Waals surface area contributed by atoms with Crippen molar-refractivity contribution in [1.29, 1.82) is 0 Å². The van der Waals surface area contributed by atoms with E-state index >= 15 is 0 Å². The Labute approximate surface area is 198 Å². The number of urea groups is 1. The molecule has 3 N–H and O–H groups in total. The second-order valence-corrected chi connectivity index (χ2v) is 8.81. The molecule has 0 radical (unpaired) electrons. The van der Waals surface area contributed by atoms with Gasteiger partial charge < -0.3 is 25.6 Å². The highest BCUT2D eigenvalue weighted by molar-refractivity contribution is 5.76. The van der Waals surface area contributed by atoms with Gasteiger partial charge in [0.15, 0.2) is 11.6 Å². The van der Waals surface area contributed by atoms with Crippen molar-refractivity contribution >= 4 is 17.8 Å². The highest BCUT2D eigenvalue weighted by atomic mass is 19.1. The van der Waals surface area contributed by atoms with Crippen LogP contribution in [0, 0.1) is 5.41 Å². The van der Waals surface area contributed by atoms with Crippen LogP contribution in [0.3, 0.4) is 0 Å². The van der Waals surface area contributed by atoms with Crippen molar-refractivity contribution in [1.82, 2.24) is 25.2 Å².